The van der Waals surface area contributed by atoms with Gasteiger partial charge in [-0.2, -0.15) is 0 Å². The zero-order chi connectivity index (χ0) is 34.3. The first-order chi connectivity index (χ1) is 23.6. The van der Waals surface area contributed by atoms with Gasteiger partial charge >= 0.3 is 0 Å². The molecule has 3 aliphatic carbocycles. The number of halogens is 1. The van der Waals surface area contributed by atoms with E-state index >= 15 is 0 Å². The van der Waals surface area contributed by atoms with Crippen LogP contribution in [-0.4, -0.2) is 67.9 Å². The summed E-state index contributed by atoms with van der Waals surface area (Å²) in [6.45, 7) is 4.01. The Kier molecular flexibility index (Phi) is 9.87. The average molecular weight is 710 g/mol. The molecule has 2 bridgehead atoms. The summed E-state index contributed by atoms with van der Waals surface area (Å²) in [7, 11) is -0.0265. The molecule has 0 radical (unpaired) electrons. The number of hydrogen-bond acceptors (Lipinski definition) is 7. The van der Waals surface area contributed by atoms with E-state index in [-0.39, 0.29) is 41.1 Å². The summed E-state index contributed by atoms with van der Waals surface area (Å²) in [5, 5.41) is 0.746. The second-order valence-electron chi connectivity index (χ2n) is 15.0. The smallest absolute Gasteiger partial charge is 0.286 e. The highest BCUT2D eigenvalue weighted by atomic mass is 35.5. The van der Waals surface area contributed by atoms with Crippen molar-refractivity contribution in [1.29, 1.82) is 0 Å². The molecule has 2 saturated carbocycles. The summed E-state index contributed by atoms with van der Waals surface area (Å²) in [6.07, 6.45) is 11.1. The van der Waals surface area contributed by atoms with E-state index in [0.717, 1.165) is 61.7 Å². The lowest BCUT2D eigenvalue weighted by Crippen LogP contribution is -2.49. The van der Waals surface area contributed by atoms with Crippen molar-refractivity contribution in [2.24, 2.45) is 28.0 Å². The molecule has 2 aromatic carbocycles. The fraction of sp³-hybridized carbons (Fsp3) is 0.579. The van der Waals surface area contributed by atoms with Gasteiger partial charge in [-0.25, -0.2) is 4.21 Å². The van der Waals surface area contributed by atoms with Gasteiger partial charge in [0.1, 0.15) is 15.7 Å². The Bertz CT molecular complexity index is 1750. The van der Waals surface area contributed by atoms with E-state index in [2.05, 4.69) is 38.3 Å². The van der Waals surface area contributed by atoms with Crippen molar-refractivity contribution < 1.29 is 28.0 Å². The number of fused-ring (bicyclic) bond motifs is 4. The van der Waals surface area contributed by atoms with Crippen molar-refractivity contribution in [3.8, 4) is 5.75 Å². The molecule has 0 aromatic heterocycles. The number of rotatable bonds is 4. The predicted molar refractivity (Wildman–Crippen MR) is 192 cm³/mol. The van der Waals surface area contributed by atoms with Crippen LogP contribution in [0.5, 0.6) is 5.75 Å². The Morgan fingerprint density at radius 1 is 1.14 bits per heavy atom. The van der Waals surface area contributed by atoms with E-state index in [1.807, 2.05) is 25.1 Å². The highest BCUT2D eigenvalue weighted by molar-refractivity contribution is 7.92. The van der Waals surface area contributed by atoms with E-state index in [4.69, 9.17) is 25.8 Å². The van der Waals surface area contributed by atoms with Crippen LogP contribution in [0.25, 0.3) is 0 Å². The molecule has 2 aromatic rings. The monoisotopic (exact) mass is 709 g/mol. The normalized spacial score (nSPS) is 34.9. The fourth-order valence-electron chi connectivity index (χ4n) is 8.58. The molecule has 2 amide bonds. The van der Waals surface area contributed by atoms with Gasteiger partial charge in [-0.05, 0) is 111 Å². The van der Waals surface area contributed by atoms with Gasteiger partial charge in [0.2, 0.25) is 5.91 Å². The van der Waals surface area contributed by atoms with Gasteiger partial charge in [0.05, 0.1) is 30.3 Å². The van der Waals surface area contributed by atoms with Crippen LogP contribution in [0.3, 0.4) is 0 Å². The zero-order valence-electron chi connectivity index (χ0n) is 28.7. The molecule has 2 aliphatic heterocycles. The number of nitrogens with zero attached hydrogens (tertiary/aromatic N) is 2. The van der Waals surface area contributed by atoms with E-state index < -0.39 is 15.8 Å². The number of amides is 2. The van der Waals surface area contributed by atoms with Gasteiger partial charge in [0, 0.05) is 49.2 Å². The van der Waals surface area contributed by atoms with Crippen LogP contribution < -0.4 is 14.4 Å². The number of carbonyl (C=O) groups is 2. The minimum Gasteiger partial charge on any atom is -0.490 e. The third-order valence-electron chi connectivity index (χ3n) is 11.6. The van der Waals surface area contributed by atoms with E-state index in [9.17, 15) is 13.8 Å². The third-order valence-corrected chi connectivity index (χ3v) is 13.8. The second kappa shape index (κ2) is 14.0. The van der Waals surface area contributed by atoms with Gasteiger partial charge in [-0.15, -0.1) is 4.36 Å². The molecule has 49 heavy (non-hydrogen) atoms. The lowest BCUT2D eigenvalue weighted by atomic mass is 9.68. The Hall–Kier alpha value is -2.92. The fourth-order valence-corrected chi connectivity index (χ4v) is 10.7. The van der Waals surface area contributed by atoms with Crippen molar-refractivity contribution in [1.82, 2.24) is 4.72 Å². The summed E-state index contributed by atoms with van der Waals surface area (Å²) in [6, 6.07) is 11.6. The SMILES string of the molecule is COC1CC(C(=O)N[S@@]2(=O)=NC(=O)c3ccc4c(c3)N(C[C@@H]3CC[C@H]3[C@@H](OC)/C=C/C[C@H](C)C2)C[C@@]2(CCCc3cc(Cl)ccc32)CO4)C1. The number of benzene rings is 2. The first-order valence-electron chi connectivity index (χ1n) is 17.7. The van der Waals surface area contributed by atoms with Crippen LogP contribution in [0.4, 0.5) is 5.69 Å². The van der Waals surface area contributed by atoms with Gasteiger partial charge in [0.25, 0.3) is 5.91 Å². The standard InChI is InChI=1S/C38H48ClN3O6S/c1-24-6-4-8-34(47-3)31-12-9-27(31)20-42-22-38(15-5-7-25-16-29(39)11-13-32(25)38)23-48-35-14-10-26(19-33(35)42)36(43)40-49(45,21-24)41-37(44)28-17-30(18-28)46-2/h4,8,10-11,13-14,16,19,24,27-28,30-31,34H,5-7,9,12,15,17-18,20-23H2,1-3H3,(H,40,41,43,44,45)/b8-4+/t24-,27-,28?,30?,31+,34-,38-,49-/m0/s1. The van der Waals surface area contributed by atoms with Crippen LogP contribution in [0.15, 0.2) is 52.9 Å². The predicted octanol–water partition coefficient (Wildman–Crippen LogP) is 6.51. The Balaban J connectivity index is 1.28. The van der Waals surface area contributed by atoms with Crippen LogP contribution in [0.1, 0.15) is 73.4 Å². The average Bonchev–Trinajstić information content (AvgIpc) is 3.18. The number of aryl methyl sites for hydroxylation is 1. The largest absolute Gasteiger partial charge is 0.490 e. The number of hydrogen-bond donors (Lipinski definition) is 1. The van der Waals surface area contributed by atoms with Crippen LogP contribution in [-0.2, 0) is 36.0 Å². The Labute approximate surface area is 295 Å². The molecule has 5 aliphatic rings. The van der Waals surface area contributed by atoms with Gasteiger partial charge in [-0.3, -0.25) is 14.3 Å². The zero-order valence-corrected chi connectivity index (χ0v) is 30.3. The van der Waals surface area contributed by atoms with Crippen LogP contribution in [0.2, 0.25) is 5.02 Å². The first-order valence-corrected chi connectivity index (χ1v) is 19.8. The minimum atomic E-state index is -3.42. The lowest BCUT2D eigenvalue weighted by Gasteiger charge is -2.46. The molecule has 1 N–H and O–H groups in total. The third kappa shape index (κ3) is 7.03. The quantitative estimate of drug-likeness (QED) is 0.361. The Morgan fingerprint density at radius 2 is 1.98 bits per heavy atom. The summed E-state index contributed by atoms with van der Waals surface area (Å²) in [5.74, 6) is 0.170. The Morgan fingerprint density at radius 3 is 2.73 bits per heavy atom. The lowest BCUT2D eigenvalue weighted by molar-refractivity contribution is -0.130. The molecule has 11 heteroatoms. The number of methoxy groups -OCH3 is 2. The summed E-state index contributed by atoms with van der Waals surface area (Å²) in [5.41, 5.74) is 3.47. The topological polar surface area (TPSA) is 107 Å². The summed E-state index contributed by atoms with van der Waals surface area (Å²) in [4.78, 5) is 29.5. The maximum absolute atomic E-state index is 14.4. The molecule has 264 valence electrons. The van der Waals surface area contributed by atoms with Crippen LogP contribution in [0, 0.1) is 23.7 Å². The van der Waals surface area contributed by atoms with Crippen molar-refractivity contribution in [3.05, 3.63) is 70.3 Å². The number of ether oxygens (including phenoxy) is 3. The molecule has 9 nitrogen and oxygen atoms in total. The molecule has 0 unspecified atom stereocenters. The van der Waals surface area contributed by atoms with Crippen molar-refractivity contribution in [3.63, 3.8) is 0 Å². The molecule has 0 saturated heterocycles. The molecular weight excluding hydrogens is 662 g/mol. The van der Waals surface area contributed by atoms with E-state index in [1.54, 1.807) is 20.3 Å². The summed E-state index contributed by atoms with van der Waals surface area (Å²) < 4.78 is 39.5. The van der Waals surface area contributed by atoms with E-state index in [0.29, 0.717) is 43.3 Å². The van der Waals surface area contributed by atoms with Crippen LogP contribution >= 0.6 is 11.6 Å². The molecule has 7 rings (SSSR count). The maximum atomic E-state index is 14.4. The van der Waals surface area contributed by atoms with Crippen molar-refractivity contribution in [2.45, 2.75) is 75.9 Å². The number of carbonyl (C=O) groups excluding carboxylic acids is 2. The molecule has 2 heterocycles. The second-order valence-corrected chi connectivity index (χ2v) is 17.4. The maximum Gasteiger partial charge on any atom is 0.286 e. The molecule has 6 atom stereocenters. The molecule has 1 spiro atoms. The molecule has 2 fully saturated rings. The van der Waals surface area contributed by atoms with Crippen molar-refractivity contribution in [2.75, 3.05) is 44.6 Å². The van der Waals surface area contributed by atoms with Gasteiger partial charge in [0.15, 0.2) is 0 Å². The number of nitrogens with one attached hydrogen (secondary N) is 1. The van der Waals surface area contributed by atoms with Crippen molar-refractivity contribution >= 4 is 39.0 Å². The number of anilines is 1. The van der Waals surface area contributed by atoms with Gasteiger partial charge in [-0.1, -0.05) is 36.7 Å². The highest BCUT2D eigenvalue weighted by Gasteiger charge is 2.44. The van der Waals surface area contributed by atoms with Gasteiger partial charge < -0.3 is 19.1 Å². The first kappa shape index (κ1) is 34.5. The number of allylic oxidation sites excluding steroid dienone is 1. The highest BCUT2D eigenvalue weighted by Crippen LogP contribution is 2.47. The summed E-state index contributed by atoms with van der Waals surface area (Å²) >= 11 is 6.45. The minimum absolute atomic E-state index is 0.0146. The molecular formula is C38H48ClN3O6S. The van der Waals surface area contributed by atoms with E-state index in [1.165, 1.54) is 11.1 Å².